The van der Waals surface area contributed by atoms with Gasteiger partial charge in [-0.05, 0) is 30.7 Å². The fraction of sp³-hybridized carbons (Fsp3) is 0.500. The Balaban J connectivity index is 1.55. The minimum absolute atomic E-state index is 0.0201. The topological polar surface area (TPSA) is 50.7 Å². The molecular weight excluding hydrogens is 328 g/mol. The smallest absolute Gasteiger partial charge is 0.225 e. The van der Waals surface area contributed by atoms with Gasteiger partial charge >= 0.3 is 0 Å². The molecule has 0 bridgehead atoms. The average molecular weight is 354 g/mol. The summed E-state index contributed by atoms with van der Waals surface area (Å²) in [4.78, 5) is 13.8. The van der Waals surface area contributed by atoms with Crippen LogP contribution in [0.25, 0.3) is 0 Å². The van der Waals surface area contributed by atoms with E-state index in [-0.39, 0.29) is 5.41 Å². The van der Waals surface area contributed by atoms with Gasteiger partial charge in [-0.1, -0.05) is 12.1 Å². The third-order valence-electron chi connectivity index (χ3n) is 5.39. The summed E-state index contributed by atoms with van der Waals surface area (Å²) >= 11 is 0. The standard InChI is InChI=1S/C20H26N4O2/c1-23(2)19-21-10-16-12-26-14-20(18(16)22-19)8-9-24(13-20)11-15-4-6-17(25-3)7-5-15/h4-7,10H,8-9,11-14H2,1-3H3. The minimum atomic E-state index is -0.0201. The number of methoxy groups -OCH3 is 1. The molecule has 0 aliphatic carbocycles. The van der Waals surface area contributed by atoms with Crippen molar-refractivity contribution in [1.82, 2.24) is 14.9 Å². The van der Waals surface area contributed by atoms with Crippen LogP contribution in [0.15, 0.2) is 30.5 Å². The first-order valence-corrected chi connectivity index (χ1v) is 9.06. The second-order valence-electron chi connectivity index (χ2n) is 7.52. The highest BCUT2D eigenvalue weighted by atomic mass is 16.5. The number of hydrogen-bond donors (Lipinski definition) is 0. The third kappa shape index (κ3) is 3.15. The Kier molecular flexibility index (Phi) is 4.54. The van der Waals surface area contributed by atoms with Gasteiger partial charge in [-0.2, -0.15) is 0 Å². The Labute approximate surface area is 154 Å². The first kappa shape index (κ1) is 17.2. The molecule has 1 unspecified atom stereocenters. The largest absolute Gasteiger partial charge is 0.497 e. The number of anilines is 1. The number of fused-ring (bicyclic) bond motifs is 2. The van der Waals surface area contributed by atoms with Gasteiger partial charge in [0.05, 0.1) is 31.4 Å². The van der Waals surface area contributed by atoms with Crippen molar-refractivity contribution in [3.63, 3.8) is 0 Å². The first-order valence-electron chi connectivity index (χ1n) is 9.06. The van der Waals surface area contributed by atoms with Crippen LogP contribution in [0.4, 0.5) is 5.95 Å². The molecule has 138 valence electrons. The maximum Gasteiger partial charge on any atom is 0.225 e. The van der Waals surface area contributed by atoms with Crippen molar-refractivity contribution >= 4 is 5.95 Å². The highest BCUT2D eigenvalue weighted by Gasteiger charge is 2.44. The number of rotatable bonds is 4. The highest BCUT2D eigenvalue weighted by Crippen LogP contribution is 2.39. The molecule has 2 aliphatic heterocycles. The molecule has 1 spiro atoms. The van der Waals surface area contributed by atoms with Gasteiger partial charge in [-0.25, -0.2) is 9.97 Å². The van der Waals surface area contributed by atoms with Crippen molar-refractivity contribution in [3.05, 3.63) is 47.3 Å². The van der Waals surface area contributed by atoms with Crippen LogP contribution in [0.5, 0.6) is 5.75 Å². The SMILES string of the molecule is COc1ccc(CN2CCC3(COCc4cnc(N(C)C)nc43)C2)cc1. The van der Waals surface area contributed by atoms with Crippen LogP contribution in [0.2, 0.25) is 0 Å². The molecule has 1 fully saturated rings. The highest BCUT2D eigenvalue weighted by molar-refractivity contribution is 5.37. The summed E-state index contributed by atoms with van der Waals surface area (Å²) in [5.74, 6) is 1.67. The Hall–Kier alpha value is -2.18. The molecular formula is C20H26N4O2. The molecule has 0 saturated carbocycles. The van der Waals surface area contributed by atoms with Gasteiger partial charge in [0.1, 0.15) is 5.75 Å². The van der Waals surface area contributed by atoms with Gasteiger partial charge in [0, 0.05) is 38.9 Å². The predicted octanol–water partition coefficient (Wildman–Crippen LogP) is 2.23. The number of ether oxygens (including phenoxy) is 2. The normalized spacial score (nSPS) is 22.4. The molecule has 1 atom stereocenters. The number of aromatic nitrogens is 2. The second kappa shape index (κ2) is 6.85. The molecule has 0 N–H and O–H groups in total. The molecule has 6 nitrogen and oxygen atoms in total. The lowest BCUT2D eigenvalue weighted by atomic mass is 9.80. The van der Waals surface area contributed by atoms with E-state index >= 15 is 0 Å². The molecule has 0 amide bonds. The van der Waals surface area contributed by atoms with Gasteiger partial charge in [0.15, 0.2) is 0 Å². The lowest BCUT2D eigenvalue weighted by Gasteiger charge is -2.34. The Morgan fingerprint density at radius 2 is 2.08 bits per heavy atom. The average Bonchev–Trinajstić information content (AvgIpc) is 3.05. The Morgan fingerprint density at radius 3 is 2.81 bits per heavy atom. The summed E-state index contributed by atoms with van der Waals surface area (Å²) in [6.07, 6.45) is 3.00. The van der Waals surface area contributed by atoms with Crippen molar-refractivity contribution in [2.45, 2.75) is 25.0 Å². The monoisotopic (exact) mass is 354 g/mol. The van der Waals surface area contributed by atoms with E-state index in [4.69, 9.17) is 14.5 Å². The van der Waals surface area contributed by atoms with Crippen molar-refractivity contribution in [2.75, 3.05) is 45.8 Å². The summed E-state index contributed by atoms with van der Waals surface area (Å²) in [6, 6.07) is 8.33. The van der Waals surface area contributed by atoms with Crippen molar-refractivity contribution < 1.29 is 9.47 Å². The number of nitrogens with zero attached hydrogens (tertiary/aromatic N) is 4. The van der Waals surface area contributed by atoms with E-state index in [0.29, 0.717) is 6.61 Å². The fourth-order valence-corrected chi connectivity index (χ4v) is 4.00. The molecule has 2 aromatic rings. The molecule has 1 aromatic carbocycles. The van der Waals surface area contributed by atoms with E-state index in [1.165, 1.54) is 11.3 Å². The van der Waals surface area contributed by atoms with Gasteiger partial charge in [0.2, 0.25) is 5.95 Å². The lowest BCUT2D eigenvalue weighted by molar-refractivity contribution is 0.0503. The fourth-order valence-electron chi connectivity index (χ4n) is 4.00. The van der Waals surface area contributed by atoms with Crippen LogP contribution in [0.1, 0.15) is 23.2 Å². The van der Waals surface area contributed by atoms with Crippen LogP contribution in [0.3, 0.4) is 0 Å². The van der Waals surface area contributed by atoms with E-state index in [1.54, 1.807) is 7.11 Å². The van der Waals surface area contributed by atoms with Crippen LogP contribution in [-0.4, -0.2) is 55.8 Å². The van der Waals surface area contributed by atoms with Crippen molar-refractivity contribution in [1.29, 1.82) is 0 Å². The second-order valence-corrected chi connectivity index (χ2v) is 7.52. The van der Waals surface area contributed by atoms with Crippen molar-refractivity contribution in [3.8, 4) is 5.75 Å². The van der Waals surface area contributed by atoms with Crippen LogP contribution in [0, 0.1) is 0 Å². The molecule has 0 radical (unpaired) electrons. The molecule has 1 saturated heterocycles. The number of likely N-dealkylation sites (tertiary alicyclic amines) is 1. The summed E-state index contributed by atoms with van der Waals surface area (Å²) in [6.45, 7) is 4.31. The van der Waals surface area contributed by atoms with Crippen LogP contribution in [-0.2, 0) is 23.3 Å². The molecule has 6 heteroatoms. The maximum atomic E-state index is 5.93. The van der Waals surface area contributed by atoms with E-state index in [0.717, 1.165) is 49.9 Å². The third-order valence-corrected chi connectivity index (χ3v) is 5.39. The first-order chi connectivity index (χ1) is 12.6. The van der Waals surface area contributed by atoms with E-state index in [1.807, 2.05) is 37.3 Å². The summed E-state index contributed by atoms with van der Waals surface area (Å²) < 4.78 is 11.2. The maximum absolute atomic E-state index is 5.93. The number of benzene rings is 1. The van der Waals surface area contributed by atoms with Gasteiger partial charge in [-0.15, -0.1) is 0 Å². The van der Waals surface area contributed by atoms with Gasteiger partial charge in [0.25, 0.3) is 0 Å². The van der Waals surface area contributed by atoms with Crippen LogP contribution < -0.4 is 9.64 Å². The molecule has 3 heterocycles. The molecule has 4 rings (SSSR count). The van der Waals surface area contributed by atoms with E-state index in [9.17, 15) is 0 Å². The predicted molar refractivity (Wildman–Crippen MR) is 101 cm³/mol. The zero-order valence-corrected chi connectivity index (χ0v) is 15.7. The zero-order chi connectivity index (χ0) is 18.1. The molecule has 26 heavy (non-hydrogen) atoms. The summed E-state index contributed by atoms with van der Waals surface area (Å²) in [5, 5.41) is 0. The van der Waals surface area contributed by atoms with Gasteiger partial charge in [-0.3, -0.25) is 4.90 Å². The Morgan fingerprint density at radius 1 is 1.27 bits per heavy atom. The quantitative estimate of drug-likeness (QED) is 0.839. The zero-order valence-electron chi connectivity index (χ0n) is 15.7. The van der Waals surface area contributed by atoms with Crippen molar-refractivity contribution in [2.24, 2.45) is 0 Å². The molecule has 1 aromatic heterocycles. The Bertz CT molecular complexity index is 778. The van der Waals surface area contributed by atoms with E-state index < -0.39 is 0 Å². The minimum Gasteiger partial charge on any atom is -0.497 e. The van der Waals surface area contributed by atoms with Gasteiger partial charge < -0.3 is 14.4 Å². The van der Waals surface area contributed by atoms with Crippen LogP contribution >= 0.6 is 0 Å². The number of hydrogen-bond acceptors (Lipinski definition) is 6. The molecule has 2 aliphatic rings. The lowest BCUT2D eigenvalue weighted by Crippen LogP contribution is -2.40. The summed E-state index contributed by atoms with van der Waals surface area (Å²) in [7, 11) is 5.67. The summed E-state index contributed by atoms with van der Waals surface area (Å²) in [5.41, 5.74) is 3.60. The van der Waals surface area contributed by atoms with E-state index in [2.05, 4.69) is 22.0 Å².